The third-order valence-corrected chi connectivity index (χ3v) is 4.45. The fraction of sp³-hybridized carbons (Fsp3) is 0.263. The van der Waals surface area contributed by atoms with Crippen LogP contribution in [0.2, 0.25) is 0 Å². The summed E-state index contributed by atoms with van der Waals surface area (Å²) in [4.78, 5) is 30.8. The Kier molecular flexibility index (Phi) is 4.80. The molecule has 1 aliphatic heterocycles. The number of hydrogen-bond acceptors (Lipinski definition) is 6. The maximum Gasteiger partial charge on any atom is 0.247 e. The minimum Gasteiger partial charge on any atom is -0.378 e. The number of morpholine rings is 1. The van der Waals surface area contributed by atoms with Gasteiger partial charge in [0.1, 0.15) is 12.4 Å². The van der Waals surface area contributed by atoms with Crippen LogP contribution in [0.3, 0.4) is 0 Å². The number of carbonyl (C=O) groups excluding carboxylic acids is 1. The first-order valence-corrected chi connectivity index (χ1v) is 8.74. The quantitative estimate of drug-likeness (QED) is 0.749. The van der Waals surface area contributed by atoms with E-state index in [0.717, 1.165) is 18.8 Å². The highest BCUT2D eigenvalue weighted by atomic mass is 16.5. The highest BCUT2D eigenvalue weighted by molar-refractivity contribution is 5.90. The molecule has 1 aromatic carbocycles. The molecule has 1 amide bonds. The van der Waals surface area contributed by atoms with Crippen LogP contribution in [0.15, 0.2) is 53.6 Å². The molecule has 0 aliphatic carbocycles. The van der Waals surface area contributed by atoms with Gasteiger partial charge in [-0.15, -0.1) is 0 Å². The maximum atomic E-state index is 12.4. The Morgan fingerprint density at radius 2 is 1.93 bits per heavy atom. The molecule has 1 saturated heterocycles. The largest absolute Gasteiger partial charge is 0.378 e. The van der Waals surface area contributed by atoms with Gasteiger partial charge in [-0.3, -0.25) is 14.3 Å². The van der Waals surface area contributed by atoms with Crippen LogP contribution in [-0.4, -0.2) is 47.0 Å². The Hall–Kier alpha value is -3.26. The molecule has 0 saturated carbocycles. The summed E-state index contributed by atoms with van der Waals surface area (Å²) in [6, 6.07) is 10.8. The lowest BCUT2D eigenvalue weighted by Crippen LogP contribution is -2.36. The number of nitrogens with one attached hydrogen (secondary N) is 1. The van der Waals surface area contributed by atoms with Crippen molar-refractivity contribution in [2.45, 2.75) is 6.54 Å². The fourth-order valence-electron chi connectivity index (χ4n) is 3.07. The molecule has 0 unspecified atom stereocenters. The zero-order chi connectivity index (χ0) is 18.6. The number of rotatable bonds is 4. The smallest absolute Gasteiger partial charge is 0.247 e. The summed E-state index contributed by atoms with van der Waals surface area (Å²) >= 11 is 0. The Labute approximate surface area is 155 Å². The molecule has 0 spiro atoms. The number of nitrogens with zero attached hydrogens (tertiary/aromatic N) is 4. The lowest BCUT2D eigenvalue weighted by atomic mass is 10.2. The average molecular weight is 365 g/mol. The second kappa shape index (κ2) is 7.55. The van der Waals surface area contributed by atoms with Crippen molar-refractivity contribution in [2.24, 2.45) is 0 Å². The van der Waals surface area contributed by atoms with E-state index in [1.807, 2.05) is 12.1 Å². The van der Waals surface area contributed by atoms with Crippen molar-refractivity contribution in [2.75, 3.05) is 36.5 Å². The van der Waals surface area contributed by atoms with Crippen LogP contribution in [0.5, 0.6) is 0 Å². The predicted molar refractivity (Wildman–Crippen MR) is 102 cm³/mol. The maximum absolute atomic E-state index is 12.4. The van der Waals surface area contributed by atoms with Gasteiger partial charge in [0.2, 0.25) is 11.3 Å². The zero-order valence-electron chi connectivity index (χ0n) is 14.7. The van der Waals surface area contributed by atoms with Crippen LogP contribution >= 0.6 is 0 Å². The van der Waals surface area contributed by atoms with E-state index >= 15 is 0 Å². The summed E-state index contributed by atoms with van der Waals surface area (Å²) in [7, 11) is 0. The van der Waals surface area contributed by atoms with Gasteiger partial charge in [0.05, 0.1) is 36.8 Å². The Balaban J connectivity index is 1.45. The van der Waals surface area contributed by atoms with Crippen LogP contribution < -0.4 is 15.6 Å². The summed E-state index contributed by atoms with van der Waals surface area (Å²) in [5, 5.41) is 7.37. The molecule has 138 valence electrons. The number of aromatic nitrogens is 3. The number of pyridine rings is 1. The molecule has 3 aromatic rings. The van der Waals surface area contributed by atoms with E-state index in [0.29, 0.717) is 29.9 Å². The average Bonchev–Trinajstić information content (AvgIpc) is 2.71. The highest BCUT2D eigenvalue weighted by Crippen LogP contribution is 2.16. The van der Waals surface area contributed by atoms with E-state index in [1.54, 1.807) is 30.5 Å². The van der Waals surface area contributed by atoms with E-state index in [1.165, 1.54) is 10.9 Å². The second-order valence-electron chi connectivity index (χ2n) is 6.23. The molecule has 0 radical (unpaired) electrons. The standard InChI is InChI=1S/C19H19N5O3/c25-17-12-21-24(16-4-2-1-3-15(16)17)13-19(26)22-18-6-5-14(11-20-18)23-7-9-27-10-8-23/h1-6,11-12H,7-10,13H2,(H,20,22,26). The van der Waals surface area contributed by atoms with Crippen molar-refractivity contribution in [1.82, 2.24) is 14.8 Å². The van der Waals surface area contributed by atoms with E-state index in [9.17, 15) is 9.59 Å². The molecule has 8 nitrogen and oxygen atoms in total. The molecule has 8 heteroatoms. The number of anilines is 2. The third-order valence-electron chi connectivity index (χ3n) is 4.45. The molecule has 1 fully saturated rings. The summed E-state index contributed by atoms with van der Waals surface area (Å²) in [6.07, 6.45) is 2.97. The molecular formula is C19H19N5O3. The monoisotopic (exact) mass is 365 g/mol. The van der Waals surface area contributed by atoms with Crippen LogP contribution in [0.25, 0.3) is 10.9 Å². The fourth-order valence-corrected chi connectivity index (χ4v) is 3.07. The van der Waals surface area contributed by atoms with E-state index in [2.05, 4.69) is 20.3 Å². The zero-order valence-corrected chi connectivity index (χ0v) is 14.7. The van der Waals surface area contributed by atoms with Gasteiger partial charge in [0.25, 0.3) is 0 Å². The van der Waals surface area contributed by atoms with Gasteiger partial charge in [0.15, 0.2) is 0 Å². The van der Waals surface area contributed by atoms with Crippen LogP contribution in [0.4, 0.5) is 11.5 Å². The van der Waals surface area contributed by atoms with Crippen LogP contribution in [0.1, 0.15) is 0 Å². The minimum absolute atomic E-state index is 0.00626. The van der Waals surface area contributed by atoms with Gasteiger partial charge in [-0.25, -0.2) is 4.98 Å². The highest BCUT2D eigenvalue weighted by Gasteiger charge is 2.12. The summed E-state index contributed by atoms with van der Waals surface area (Å²) < 4.78 is 6.85. The Morgan fingerprint density at radius 3 is 2.70 bits per heavy atom. The van der Waals surface area contributed by atoms with Gasteiger partial charge in [-0.2, -0.15) is 5.10 Å². The number of ether oxygens (including phenoxy) is 1. The molecule has 2 aromatic heterocycles. The number of amides is 1. The normalized spacial score (nSPS) is 14.3. The van der Waals surface area contributed by atoms with Gasteiger partial charge < -0.3 is 15.0 Å². The summed E-state index contributed by atoms with van der Waals surface area (Å²) in [5.74, 6) is 0.213. The molecular weight excluding hydrogens is 346 g/mol. The lowest BCUT2D eigenvalue weighted by Gasteiger charge is -2.28. The van der Waals surface area contributed by atoms with Crippen molar-refractivity contribution in [3.8, 4) is 0 Å². The Morgan fingerprint density at radius 1 is 1.11 bits per heavy atom. The second-order valence-corrected chi connectivity index (χ2v) is 6.23. The van der Waals surface area contributed by atoms with E-state index in [4.69, 9.17) is 4.74 Å². The van der Waals surface area contributed by atoms with Crippen LogP contribution in [0, 0.1) is 0 Å². The molecule has 0 atom stereocenters. The van der Waals surface area contributed by atoms with Gasteiger partial charge in [-0.05, 0) is 24.3 Å². The first-order valence-electron chi connectivity index (χ1n) is 8.74. The van der Waals surface area contributed by atoms with E-state index < -0.39 is 0 Å². The predicted octanol–water partition coefficient (Wildman–Crippen LogP) is 1.27. The van der Waals surface area contributed by atoms with Crippen molar-refractivity contribution >= 4 is 28.3 Å². The summed E-state index contributed by atoms with van der Waals surface area (Å²) in [5.41, 5.74) is 1.46. The molecule has 3 heterocycles. The lowest BCUT2D eigenvalue weighted by molar-refractivity contribution is -0.116. The molecule has 4 rings (SSSR count). The van der Waals surface area contributed by atoms with Gasteiger partial charge in [-0.1, -0.05) is 12.1 Å². The number of hydrogen-bond donors (Lipinski definition) is 1. The first-order chi connectivity index (χ1) is 13.2. The topological polar surface area (TPSA) is 89.4 Å². The number of para-hydroxylation sites is 1. The van der Waals surface area contributed by atoms with Crippen molar-refractivity contribution in [1.29, 1.82) is 0 Å². The molecule has 1 aliphatic rings. The molecule has 0 bridgehead atoms. The molecule has 1 N–H and O–H groups in total. The minimum atomic E-state index is -0.261. The third kappa shape index (κ3) is 3.80. The Bertz CT molecular complexity index is 1010. The number of carbonyl (C=O) groups is 1. The van der Waals surface area contributed by atoms with Gasteiger partial charge in [0, 0.05) is 18.5 Å². The van der Waals surface area contributed by atoms with Gasteiger partial charge >= 0.3 is 0 Å². The SMILES string of the molecule is O=C(Cn1ncc(=O)c2ccccc21)Nc1ccc(N2CCOCC2)cn1. The van der Waals surface area contributed by atoms with E-state index in [-0.39, 0.29) is 17.9 Å². The molecule has 27 heavy (non-hydrogen) atoms. The first kappa shape index (κ1) is 17.2. The van der Waals surface area contributed by atoms with Crippen molar-refractivity contribution < 1.29 is 9.53 Å². The van der Waals surface area contributed by atoms with Crippen molar-refractivity contribution in [3.63, 3.8) is 0 Å². The van der Waals surface area contributed by atoms with Crippen molar-refractivity contribution in [3.05, 3.63) is 59.0 Å². The van der Waals surface area contributed by atoms with Crippen LogP contribution in [-0.2, 0) is 16.1 Å². The number of benzene rings is 1. The number of fused-ring (bicyclic) bond motifs is 1. The summed E-state index contributed by atoms with van der Waals surface area (Å²) in [6.45, 7) is 3.07.